The predicted octanol–water partition coefficient (Wildman–Crippen LogP) is 5.48. The van der Waals surface area contributed by atoms with Gasteiger partial charge >= 0.3 is 41.3 Å². The molecular weight excluding hydrogens is 514 g/mol. The number of aliphatic carboxylic acids is 1. The second-order valence-electron chi connectivity index (χ2n) is 9.19. The van der Waals surface area contributed by atoms with Gasteiger partial charge in [-0.3, -0.25) is 9.59 Å². The molecule has 0 aliphatic rings. The molecule has 0 heterocycles. The number of rotatable bonds is 21. The summed E-state index contributed by atoms with van der Waals surface area (Å²) in [6.07, 6.45) is 18.7. The Hall–Kier alpha value is -1.94. The Balaban J connectivity index is 0.00000300. The number of hydrogen-bond acceptors (Lipinski definition) is 6. The van der Waals surface area contributed by atoms with Crippen LogP contribution in [0.4, 0.5) is 5.69 Å². The summed E-state index contributed by atoms with van der Waals surface area (Å²) in [4.78, 5) is 33.7. The molecule has 5 N–H and O–H groups in total. The van der Waals surface area contributed by atoms with E-state index in [0.29, 0.717) is 18.5 Å². The molecule has 0 aliphatic carbocycles. The van der Waals surface area contributed by atoms with Crippen LogP contribution in [-0.4, -0.2) is 36.8 Å². The summed E-state index contributed by atoms with van der Waals surface area (Å²) in [5.74, 6) is -1.31. The molecule has 0 spiro atoms. The quantitative estimate of drug-likeness (QED) is 0.0502. The van der Waals surface area contributed by atoms with Crippen LogP contribution in [0, 0.1) is 0 Å². The van der Waals surface area contributed by atoms with Crippen molar-refractivity contribution in [3.05, 3.63) is 29.8 Å². The van der Waals surface area contributed by atoms with Crippen LogP contribution >= 0.6 is 0 Å². The number of carboxylic acid groups (broad SMARTS) is 1. The summed E-state index contributed by atoms with van der Waals surface area (Å²) in [5.41, 5.74) is 7.11. The summed E-state index contributed by atoms with van der Waals surface area (Å²) in [7, 11) is 0. The molecule has 1 aromatic carbocycles. The standard InChI is InChI=1S/C27H43NO5.2H2O.O.Ti/c28-24-20-18-23(19-21-24)25(29)16-14-12-10-8-6-4-2-1-3-5-7-9-11-13-15-17-27(32)33-22-26(30)31;;;;/h18-21H,1-17,22,28H2,(H,30,31);2*1H2;;/q;;;;+2/p-2. The van der Waals surface area contributed by atoms with Crippen LogP contribution in [0.25, 0.3) is 0 Å². The number of benzene rings is 1. The maximum atomic E-state index is 12.1. The number of ketones is 1. The van der Waals surface area contributed by atoms with E-state index >= 15 is 0 Å². The molecular formula is C27H45NO8Ti. The van der Waals surface area contributed by atoms with Crippen molar-refractivity contribution >= 4 is 23.4 Å². The third-order valence-electron chi connectivity index (χ3n) is 5.87. The summed E-state index contributed by atoms with van der Waals surface area (Å²) in [6, 6.07) is 7.19. The molecule has 0 bridgehead atoms. The number of carbonyl (C=O) groups is 3. The molecule has 0 aliphatic heterocycles. The van der Waals surface area contributed by atoms with E-state index in [1.165, 1.54) is 64.2 Å². The number of nitrogen functional groups attached to an aromatic ring is 1. The van der Waals surface area contributed by atoms with Gasteiger partial charge in [0, 0.05) is 24.1 Å². The van der Waals surface area contributed by atoms with Gasteiger partial charge in [-0.25, -0.2) is 4.79 Å². The van der Waals surface area contributed by atoms with Gasteiger partial charge < -0.3 is 15.6 Å². The minimum absolute atomic E-state index is 0.215. The summed E-state index contributed by atoms with van der Waals surface area (Å²) >= 11 is -3.58. The molecule has 1 aromatic rings. The van der Waals surface area contributed by atoms with E-state index in [0.717, 1.165) is 37.7 Å². The van der Waals surface area contributed by atoms with Crippen molar-refractivity contribution < 1.29 is 53.5 Å². The SMILES string of the molecule is Nc1ccc(C(=O)CCCCCCCCCCCCCCCCCC(=O)OCC(=O)O)cc1.[O]=[Ti]([OH])[OH]. The van der Waals surface area contributed by atoms with Crippen molar-refractivity contribution in [3.8, 4) is 0 Å². The zero-order valence-corrected chi connectivity index (χ0v) is 23.6. The Morgan fingerprint density at radius 2 is 1.03 bits per heavy atom. The van der Waals surface area contributed by atoms with E-state index in [9.17, 15) is 14.4 Å². The summed E-state index contributed by atoms with van der Waals surface area (Å²) in [5, 5.41) is 8.44. The van der Waals surface area contributed by atoms with Gasteiger partial charge in [-0.1, -0.05) is 83.5 Å². The molecule has 210 valence electrons. The first-order chi connectivity index (χ1) is 17.7. The van der Waals surface area contributed by atoms with Crippen molar-refractivity contribution in [2.45, 2.75) is 109 Å². The number of hydrogen-bond donors (Lipinski definition) is 4. The van der Waals surface area contributed by atoms with Gasteiger partial charge in [0.25, 0.3) is 0 Å². The Kier molecular flexibility index (Phi) is 23.1. The van der Waals surface area contributed by atoms with Crippen molar-refractivity contribution in [1.82, 2.24) is 0 Å². The number of ether oxygens (including phenoxy) is 1. The van der Waals surface area contributed by atoms with Crippen LogP contribution in [0.15, 0.2) is 24.3 Å². The third kappa shape index (κ3) is 25.5. The maximum absolute atomic E-state index is 12.1. The number of unbranched alkanes of at least 4 members (excludes halogenated alkanes) is 14. The van der Waals surface area contributed by atoms with E-state index in [-0.39, 0.29) is 5.78 Å². The molecule has 0 saturated heterocycles. The second kappa shape index (κ2) is 24.4. The van der Waals surface area contributed by atoms with Crippen LogP contribution in [0.3, 0.4) is 0 Å². The molecule has 0 atom stereocenters. The van der Waals surface area contributed by atoms with E-state index in [4.69, 9.17) is 21.5 Å². The van der Waals surface area contributed by atoms with Gasteiger partial charge in [0.2, 0.25) is 0 Å². The van der Waals surface area contributed by atoms with Gasteiger partial charge in [0.1, 0.15) is 0 Å². The van der Waals surface area contributed by atoms with Crippen LogP contribution < -0.4 is 5.73 Å². The molecule has 0 unspecified atom stereocenters. The van der Waals surface area contributed by atoms with Gasteiger partial charge in [0.15, 0.2) is 12.4 Å². The van der Waals surface area contributed by atoms with Gasteiger partial charge in [-0.2, -0.15) is 0 Å². The van der Waals surface area contributed by atoms with Gasteiger partial charge in [-0.05, 0) is 37.1 Å². The topological polar surface area (TPSA) is 164 Å². The van der Waals surface area contributed by atoms with Crippen LogP contribution in [0.5, 0.6) is 0 Å². The minimum atomic E-state index is -3.58. The average molecular weight is 560 g/mol. The zero-order valence-electron chi connectivity index (χ0n) is 22.0. The molecule has 10 heteroatoms. The summed E-state index contributed by atoms with van der Waals surface area (Å²) in [6.45, 7) is -0.535. The first-order valence-corrected chi connectivity index (χ1v) is 15.4. The Bertz CT molecular complexity index is 766. The first kappa shape index (κ1) is 35.1. The van der Waals surface area contributed by atoms with E-state index in [1.54, 1.807) is 12.1 Å². The number of anilines is 1. The average Bonchev–Trinajstić information content (AvgIpc) is 2.84. The van der Waals surface area contributed by atoms with Crippen molar-refractivity contribution in [3.63, 3.8) is 0 Å². The number of nitrogens with two attached hydrogens (primary N) is 1. The molecule has 0 radical (unpaired) electrons. The van der Waals surface area contributed by atoms with Crippen molar-refractivity contribution in [2.75, 3.05) is 12.3 Å². The van der Waals surface area contributed by atoms with Gasteiger partial charge in [-0.15, -0.1) is 0 Å². The molecule has 0 saturated carbocycles. The van der Waals surface area contributed by atoms with Crippen LogP contribution in [-0.2, 0) is 36.3 Å². The monoisotopic (exact) mass is 559 g/mol. The zero-order chi connectivity index (χ0) is 27.7. The third-order valence-corrected chi connectivity index (χ3v) is 5.87. The normalized spacial score (nSPS) is 10.3. The Morgan fingerprint density at radius 1 is 0.676 bits per heavy atom. The fourth-order valence-electron chi connectivity index (χ4n) is 3.88. The molecule has 1 rings (SSSR count). The second-order valence-corrected chi connectivity index (χ2v) is 10.1. The predicted molar refractivity (Wildman–Crippen MR) is 137 cm³/mol. The molecule has 0 aromatic heterocycles. The molecule has 0 amide bonds. The van der Waals surface area contributed by atoms with E-state index < -0.39 is 37.2 Å². The van der Waals surface area contributed by atoms with E-state index in [2.05, 4.69) is 4.74 Å². The van der Waals surface area contributed by atoms with Crippen LogP contribution in [0.2, 0.25) is 0 Å². The van der Waals surface area contributed by atoms with Gasteiger partial charge in [0.05, 0.1) is 0 Å². The van der Waals surface area contributed by atoms with E-state index in [1.807, 2.05) is 12.1 Å². The Morgan fingerprint density at radius 3 is 1.41 bits per heavy atom. The number of esters is 1. The Labute approximate surface area is 227 Å². The molecule has 37 heavy (non-hydrogen) atoms. The first-order valence-electron chi connectivity index (χ1n) is 13.4. The fourth-order valence-corrected chi connectivity index (χ4v) is 3.88. The van der Waals surface area contributed by atoms with Crippen molar-refractivity contribution in [1.29, 1.82) is 0 Å². The van der Waals surface area contributed by atoms with Crippen molar-refractivity contribution in [2.24, 2.45) is 0 Å². The number of carboxylic acids is 1. The number of carbonyl (C=O) groups excluding carboxylic acids is 2. The van der Waals surface area contributed by atoms with Crippen LogP contribution in [0.1, 0.15) is 120 Å². The molecule has 0 fully saturated rings. The fraction of sp³-hybridized carbons (Fsp3) is 0.667. The summed E-state index contributed by atoms with van der Waals surface area (Å²) < 4.78 is 27.9. The number of Topliss-reactive ketones (excluding diaryl/α,β-unsaturated/α-hetero) is 1. The molecule has 9 nitrogen and oxygen atoms in total.